The highest BCUT2D eigenvalue weighted by Crippen LogP contribution is 2.20. The van der Waals surface area contributed by atoms with E-state index >= 15 is 0 Å². The molecule has 0 amide bonds. The first-order valence-electron chi connectivity index (χ1n) is 6.91. The molecule has 4 heteroatoms. The minimum Gasteiger partial charge on any atom is -0.481 e. The number of nitrogens with one attached hydrogen (secondary N) is 1. The summed E-state index contributed by atoms with van der Waals surface area (Å²) in [6.07, 6.45) is 1.71. The van der Waals surface area contributed by atoms with Gasteiger partial charge in [-0.3, -0.25) is 4.79 Å². The molecular formula is C16H20N2O2. The molecule has 1 unspecified atom stereocenters. The zero-order chi connectivity index (χ0) is 14.5. The SMILES string of the molecule is Cc1cc2ccccc2nc1NC(C)CCCC(=O)O. The number of aromatic nitrogens is 1. The van der Waals surface area contributed by atoms with Crippen LogP contribution in [-0.2, 0) is 4.79 Å². The zero-order valence-corrected chi connectivity index (χ0v) is 11.9. The summed E-state index contributed by atoms with van der Waals surface area (Å²) in [5.74, 6) is 0.142. The molecule has 2 aromatic rings. The third-order valence-electron chi connectivity index (χ3n) is 3.33. The molecule has 4 nitrogen and oxygen atoms in total. The van der Waals surface area contributed by atoms with Crippen molar-refractivity contribution in [3.05, 3.63) is 35.9 Å². The second-order valence-electron chi connectivity index (χ2n) is 5.18. The lowest BCUT2D eigenvalue weighted by Crippen LogP contribution is -2.17. The van der Waals surface area contributed by atoms with Crippen molar-refractivity contribution in [3.8, 4) is 0 Å². The molecular weight excluding hydrogens is 252 g/mol. The maximum atomic E-state index is 10.5. The average Bonchev–Trinajstić information content (AvgIpc) is 2.39. The van der Waals surface area contributed by atoms with Gasteiger partial charge in [0.1, 0.15) is 5.82 Å². The fourth-order valence-corrected chi connectivity index (χ4v) is 2.23. The van der Waals surface area contributed by atoms with E-state index < -0.39 is 5.97 Å². The molecule has 1 aromatic carbocycles. The quantitative estimate of drug-likeness (QED) is 0.843. The smallest absolute Gasteiger partial charge is 0.303 e. The van der Waals surface area contributed by atoms with Crippen LogP contribution < -0.4 is 5.32 Å². The second-order valence-corrected chi connectivity index (χ2v) is 5.18. The summed E-state index contributed by atoms with van der Waals surface area (Å²) in [5.41, 5.74) is 2.08. The lowest BCUT2D eigenvalue weighted by Gasteiger charge is -2.16. The predicted molar refractivity (Wildman–Crippen MR) is 81.1 cm³/mol. The number of carboxylic acid groups (broad SMARTS) is 1. The Labute approximate surface area is 118 Å². The van der Waals surface area contributed by atoms with Crippen LogP contribution in [0.25, 0.3) is 10.9 Å². The molecule has 2 rings (SSSR count). The van der Waals surface area contributed by atoms with Gasteiger partial charge in [-0.25, -0.2) is 4.98 Å². The number of pyridine rings is 1. The molecule has 0 saturated carbocycles. The topological polar surface area (TPSA) is 62.2 Å². The van der Waals surface area contributed by atoms with E-state index in [1.807, 2.05) is 25.1 Å². The van der Waals surface area contributed by atoms with Crippen LogP contribution in [0.15, 0.2) is 30.3 Å². The monoisotopic (exact) mass is 272 g/mol. The molecule has 0 fully saturated rings. The Morgan fingerprint density at radius 3 is 2.90 bits per heavy atom. The molecule has 1 heterocycles. The number of benzene rings is 1. The summed E-state index contributed by atoms with van der Waals surface area (Å²) in [6.45, 7) is 4.09. The Hall–Kier alpha value is -2.10. The summed E-state index contributed by atoms with van der Waals surface area (Å²) in [7, 11) is 0. The Kier molecular flexibility index (Phi) is 4.56. The number of para-hydroxylation sites is 1. The van der Waals surface area contributed by atoms with Crippen molar-refractivity contribution in [3.63, 3.8) is 0 Å². The van der Waals surface area contributed by atoms with Gasteiger partial charge in [-0.2, -0.15) is 0 Å². The third-order valence-corrected chi connectivity index (χ3v) is 3.33. The van der Waals surface area contributed by atoms with Crippen molar-refractivity contribution >= 4 is 22.7 Å². The van der Waals surface area contributed by atoms with E-state index in [1.54, 1.807) is 0 Å². The van der Waals surface area contributed by atoms with Crippen LogP contribution in [0.4, 0.5) is 5.82 Å². The van der Waals surface area contributed by atoms with Crippen LogP contribution >= 0.6 is 0 Å². The fraction of sp³-hybridized carbons (Fsp3) is 0.375. The largest absolute Gasteiger partial charge is 0.481 e. The highest BCUT2D eigenvalue weighted by molar-refractivity contribution is 5.81. The van der Waals surface area contributed by atoms with E-state index in [9.17, 15) is 4.79 Å². The lowest BCUT2D eigenvalue weighted by atomic mass is 10.1. The number of carboxylic acids is 1. The van der Waals surface area contributed by atoms with Crippen molar-refractivity contribution in [2.24, 2.45) is 0 Å². The van der Waals surface area contributed by atoms with Gasteiger partial charge in [0.2, 0.25) is 0 Å². The average molecular weight is 272 g/mol. The van der Waals surface area contributed by atoms with E-state index in [0.29, 0.717) is 6.42 Å². The molecule has 0 spiro atoms. The van der Waals surface area contributed by atoms with E-state index in [-0.39, 0.29) is 12.5 Å². The van der Waals surface area contributed by atoms with Gasteiger partial charge in [-0.15, -0.1) is 0 Å². The molecule has 1 atom stereocenters. The molecule has 2 N–H and O–H groups in total. The number of aliphatic carboxylic acids is 1. The Balaban J connectivity index is 2.05. The van der Waals surface area contributed by atoms with E-state index in [0.717, 1.165) is 28.7 Å². The Morgan fingerprint density at radius 1 is 1.40 bits per heavy atom. The number of hydrogen-bond donors (Lipinski definition) is 2. The summed E-state index contributed by atoms with van der Waals surface area (Å²) < 4.78 is 0. The maximum Gasteiger partial charge on any atom is 0.303 e. The normalized spacial score (nSPS) is 12.3. The summed E-state index contributed by atoms with van der Waals surface area (Å²) in [5, 5.41) is 13.2. The molecule has 20 heavy (non-hydrogen) atoms. The van der Waals surface area contributed by atoms with Crippen LogP contribution in [0, 0.1) is 6.92 Å². The summed E-state index contributed by atoms with van der Waals surface area (Å²) in [6, 6.07) is 10.4. The summed E-state index contributed by atoms with van der Waals surface area (Å²) in [4.78, 5) is 15.1. The van der Waals surface area contributed by atoms with Crippen molar-refractivity contribution in [1.82, 2.24) is 4.98 Å². The number of nitrogens with zero attached hydrogens (tertiary/aromatic N) is 1. The van der Waals surface area contributed by atoms with Gasteiger partial charge < -0.3 is 10.4 Å². The van der Waals surface area contributed by atoms with E-state index in [1.165, 1.54) is 0 Å². The van der Waals surface area contributed by atoms with Gasteiger partial charge in [0, 0.05) is 17.8 Å². The molecule has 0 bridgehead atoms. The minimum atomic E-state index is -0.739. The number of hydrogen-bond acceptors (Lipinski definition) is 3. The number of aryl methyl sites for hydroxylation is 1. The van der Waals surface area contributed by atoms with Crippen LogP contribution in [0.2, 0.25) is 0 Å². The molecule has 106 valence electrons. The molecule has 0 aliphatic heterocycles. The van der Waals surface area contributed by atoms with E-state index in [2.05, 4.69) is 29.4 Å². The first-order valence-corrected chi connectivity index (χ1v) is 6.91. The Bertz CT molecular complexity index is 610. The third kappa shape index (κ3) is 3.70. The van der Waals surface area contributed by atoms with Gasteiger partial charge in [0.05, 0.1) is 5.52 Å². The van der Waals surface area contributed by atoms with Crippen molar-refractivity contribution in [2.45, 2.75) is 39.2 Å². The lowest BCUT2D eigenvalue weighted by molar-refractivity contribution is -0.137. The van der Waals surface area contributed by atoms with Crippen LogP contribution in [0.1, 0.15) is 31.7 Å². The second kappa shape index (κ2) is 6.37. The first kappa shape index (κ1) is 14.3. The molecule has 0 aliphatic carbocycles. The standard InChI is InChI=1S/C16H20N2O2/c1-11-10-13-7-3-4-8-14(13)18-16(11)17-12(2)6-5-9-15(19)20/h3-4,7-8,10,12H,5-6,9H2,1-2H3,(H,17,18)(H,19,20). The van der Waals surface area contributed by atoms with Crippen molar-refractivity contribution < 1.29 is 9.90 Å². The van der Waals surface area contributed by atoms with Crippen LogP contribution in [0.5, 0.6) is 0 Å². The van der Waals surface area contributed by atoms with Crippen molar-refractivity contribution in [1.29, 1.82) is 0 Å². The number of fused-ring (bicyclic) bond motifs is 1. The highest BCUT2D eigenvalue weighted by Gasteiger charge is 2.08. The summed E-state index contributed by atoms with van der Waals surface area (Å²) >= 11 is 0. The molecule has 0 radical (unpaired) electrons. The fourth-order valence-electron chi connectivity index (χ4n) is 2.23. The van der Waals surface area contributed by atoms with Gasteiger partial charge in [0.15, 0.2) is 0 Å². The van der Waals surface area contributed by atoms with Gasteiger partial charge in [0.25, 0.3) is 0 Å². The number of anilines is 1. The van der Waals surface area contributed by atoms with Gasteiger partial charge in [-0.1, -0.05) is 18.2 Å². The van der Waals surface area contributed by atoms with Crippen LogP contribution in [0.3, 0.4) is 0 Å². The van der Waals surface area contributed by atoms with Crippen molar-refractivity contribution in [2.75, 3.05) is 5.32 Å². The number of rotatable bonds is 6. The minimum absolute atomic E-state index is 0.210. The van der Waals surface area contributed by atoms with Gasteiger partial charge in [-0.05, 0) is 44.4 Å². The zero-order valence-electron chi connectivity index (χ0n) is 11.9. The maximum absolute atomic E-state index is 10.5. The van der Waals surface area contributed by atoms with Gasteiger partial charge >= 0.3 is 5.97 Å². The molecule has 0 aliphatic rings. The first-order chi connectivity index (χ1) is 9.56. The molecule has 0 saturated heterocycles. The predicted octanol–water partition coefficient (Wildman–Crippen LogP) is 3.60. The number of carbonyl (C=O) groups is 1. The van der Waals surface area contributed by atoms with E-state index in [4.69, 9.17) is 5.11 Å². The molecule has 1 aromatic heterocycles. The Morgan fingerprint density at radius 2 is 2.15 bits per heavy atom. The highest BCUT2D eigenvalue weighted by atomic mass is 16.4. The van der Waals surface area contributed by atoms with Crippen LogP contribution in [-0.4, -0.2) is 22.1 Å².